The summed E-state index contributed by atoms with van der Waals surface area (Å²) in [5.41, 5.74) is 6.25. The number of carbonyl (C=O) groups excluding carboxylic acids is 1. The Morgan fingerprint density at radius 1 is 1.55 bits per heavy atom. The second-order valence-electron chi connectivity index (χ2n) is 4.61. The van der Waals surface area contributed by atoms with Crippen molar-refractivity contribution in [2.24, 2.45) is 5.73 Å². The summed E-state index contributed by atoms with van der Waals surface area (Å²) in [6.45, 7) is 4.12. The van der Waals surface area contributed by atoms with Crippen LogP contribution in [0.3, 0.4) is 0 Å². The summed E-state index contributed by atoms with van der Waals surface area (Å²) in [5, 5.41) is 10.7. The van der Waals surface area contributed by atoms with Crippen molar-refractivity contribution in [2.75, 3.05) is 19.7 Å². The van der Waals surface area contributed by atoms with Crippen LogP contribution in [0.2, 0.25) is 0 Å². The van der Waals surface area contributed by atoms with Crippen molar-refractivity contribution < 1.29 is 9.90 Å². The molecular weight excluding hydrogens is 272 g/mol. The molecule has 0 spiro atoms. The Balaban J connectivity index is 2.59. The summed E-state index contributed by atoms with van der Waals surface area (Å²) in [6.07, 6.45) is 2.65. The van der Waals surface area contributed by atoms with E-state index in [-0.39, 0.29) is 12.5 Å². The topological polar surface area (TPSA) is 66.6 Å². The Morgan fingerprint density at radius 3 is 3.00 bits per heavy atom. The van der Waals surface area contributed by atoms with Crippen LogP contribution in [0.15, 0.2) is 11.4 Å². The Bertz CT molecular complexity index is 474. The van der Waals surface area contributed by atoms with E-state index in [0.29, 0.717) is 13.0 Å². The summed E-state index contributed by atoms with van der Waals surface area (Å²) in [4.78, 5) is 14.3. The highest BCUT2D eigenvalue weighted by atomic mass is 32.1. The number of carbonyl (C=O) groups is 1. The van der Waals surface area contributed by atoms with Gasteiger partial charge in [0.15, 0.2) is 0 Å². The van der Waals surface area contributed by atoms with Crippen LogP contribution < -0.4 is 5.73 Å². The van der Waals surface area contributed by atoms with E-state index in [0.717, 1.165) is 31.5 Å². The number of amides is 1. The van der Waals surface area contributed by atoms with Gasteiger partial charge in [-0.3, -0.25) is 9.69 Å². The Morgan fingerprint density at radius 2 is 2.35 bits per heavy atom. The van der Waals surface area contributed by atoms with Gasteiger partial charge in [0, 0.05) is 28.8 Å². The van der Waals surface area contributed by atoms with E-state index in [1.165, 1.54) is 4.88 Å². The molecular formula is C15H22N2O2S. The van der Waals surface area contributed by atoms with Crippen molar-refractivity contribution in [3.05, 3.63) is 21.9 Å². The predicted octanol–water partition coefficient (Wildman–Crippen LogP) is 1.57. The molecule has 0 radical (unpaired) electrons. The molecule has 5 heteroatoms. The molecule has 0 fully saturated rings. The first-order valence-electron chi connectivity index (χ1n) is 6.83. The first kappa shape index (κ1) is 16.7. The van der Waals surface area contributed by atoms with Gasteiger partial charge in [-0.2, -0.15) is 0 Å². The number of aliphatic hydroxyl groups excluding tert-OH is 1. The van der Waals surface area contributed by atoms with Crippen molar-refractivity contribution in [3.8, 4) is 11.8 Å². The third-order valence-corrected chi connectivity index (χ3v) is 3.63. The van der Waals surface area contributed by atoms with E-state index >= 15 is 0 Å². The third-order valence-electron chi connectivity index (χ3n) is 2.71. The lowest BCUT2D eigenvalue weighted by Crippen LogP contribution is -2.33. The van der Waals surface area contributed by atoms with Gasteiger partial charge >= 0.3 is 0 Å². The zero-order chi connectivity index (χ0) is 14.8. The smallest absolute Gasteiger partial charge is 0.231 e. The SMILES string of the molecule is CCCCN(CC(N)=O)Cc1cc(C#CCCO)cs1. The summed E-state index contributed by atoms with van der Waals surface area (Å²) < 4.78 is 0. The Hall–Kier alpha value is -1.35. The van der Waals surface area contributed by atoms with Gasteiger partial charge in [0.25, 0.3) is 0 Å². The third kappa shape index (κ3) is 6.71. The Kier molecular flexibility index (Phi) is 7.97. The zero-order valence-corrected chi connectivity index (χ0v) is 12.7. The Labute approximate surface area is 124 Å². The zero-order valence-electron chi connectivity index (χ0n) is 11.9. The average Bonchev–Trinajstić information content (AvgIpc) is 2.83. The van der Waals surface area contributed by atoms with Crippen molar-refractivity contribution in [1.82, 2.24) is 4.90 Å². The highest BCUT2D eigenvalue weighted by molar-refractivity contribution is 7.10. The first-order valence-corrected chi connectivity index (χ1v) is 7.71. The average molecular weight is 294 g/mol. The highest BCUT2D eigenvalue weighted by Gasteiger charge is 2.10. The van der Waals surface area contributed by atoms with E-state index in [1.54, 1.807) is 11.3 Å². The largest absolute Gasteiger partial charge is 0.395 e. The van der Waals surface area contributed by atoms with Gasteiger partial charge in [-0.05, 0) is 19.0 Å². The molecule has 4 nitrogen and oxygen atoms in total. The molecule has 1 rings (SSSR count). The van der Waals surface area contributed by atoms with Crippen molar-refractivity contribution >= 4 is 17.2 Å². The number of thiophene rings is 1. The van der Waals surface area contributed by atoms with Crippen LogP contribution >= 0.6 is 11.3 Å². The van der Waals surface area contributed by atoms with Gasteiger partial charge in [-0.1, -0.05) is 25.2 Å². The van der Waals surface area contributed by atoms with Crippen molar-refractivity contribution in [2.45, 2.75) is 32.7 Å². The van der Waals surface area contributed by atoms with Crippen molar-refractivity contribution in [1.29, 1.82) is 0 Å². The number of aliphatic hydroxyl groups is 1. The van der Waals surface area contributed by atoms with Crippen LogP contribution in [-0.2, 0) is 11.3 Å². The molecule has 1 aromatic heterocycles. The number of unbranched alkanes of at least 4 members (excludes halogenated alkanes) is 1. The summed E-state index contributed by atoms with van der Waals surface area (Å²) in [7, 11) is 0. The second-order valence-corrected chi connectivity index (χ2v) is 5.60. The molecule has 20 heavy (non-hydrogen) atoms. The van der Waals surface area contributed by atoms with Gasteiger partial charge in [0.05, 0.1) is 13.2 Å². The molecule has 1 amide bonds. The summed E-state index contributed by atoms with van der Waals surface area (Å²) in [6, 6.07) is 2.04. The van der Waals surface area contributed by atoms with E-state index in [2.05, 4.69) is 23.7 Å². The molecule has 0 aliphatic rings. The quantitative estimate of drug-likeness (QED) is 0.715. The number of nitrogens with two attached hydrogens (primary N) is 1. The molecule has 1 heterocycles. The lowest BCUT2D eigenvalue weighted by molar-refractivity contribution is -0.119. The minimum absolute atomic E-state index is 0.0907. The number of hydrogen-bond donors (Lipinski definition) is 2. The monoisotopic (exact) mass is 294 g/mol. The van der Waals surface area contributed by atoms with Crippen molar-refractivity contribution in [3.63, 3.8) is 0 Å². The van der Waals surface area contributed by atoms with Crippen LogP contribution in [0.25, 0.3) is 0 Å². The van der Waals surface area contributed by atoms with Crippen LogP contribution in [0.1, 0.15) is 36.6 Å². The fourth-order valence-corrected chi connectivity index (χ4v) is 2.64. The van der Waals surface area contributed by atoms with Crippen LogP contribution in [-0.4, -0.2) is 35.6 Å². The lowest BCUT2D eigenvalue weighted by Gasteiger charge is -2.19. The van der Waals surface area contributed by atoms with E-state index in [1.807, 2.05) is 11.4 Å². The van der Waals surface area contributed by atoms with Crippen LogP contribution in [0.4, 0.5) is 0 Å². The highest BCUT2D eigenvalue weighted by Crippen LogP contribution is 2.16. The van der Waals surface area contributed by atoms with Gasteiger partial charge in [0.2, 0.25) is 5.91 Å². The number of hydrogen-bond acceptors (Lipinski definition) is 4. The normalized spacial score (nSPS) is 10.3. The molecule has 3 N–H and O–H groups in total. The number of nitrogens with zero attached hydrogens (tertiary/aromatic N) is 1. The fourth-order valence-electron chi connectivity index (χ4n) is 1.79. The van der Waals surface area contributed by atoms with Gasteiger partial charge in [-0.25, -0.2) is 0 Å². The maximum atomic E-state index is 11.1. The minimum atomic E-state index is -0.291. The molecule has 0 aliphatic heterocycles. The summed E-state index contributed by atoms with van der Waals surface area (Å²) >= 11 is 1.64. The molecule has 110 valence electrons. The first-order chi connectivity index (χ1) is 9.65. The lowest BCUT2D eigenvalue weighted by atomic mass is 10.2. The molecule has 1 aromatic rings. The molecule has 0 saturated carbocycles. The second kappa shape index (κ2) is 9.54. The van der Waals surface area contributed by atoms with Gasteiger partial charge in [0.1, 0.15) is 0 Å². The van der Waals surface area contributed by atoms with E-state index in [9.17, 15) is 4.79 Å². The molecule has 0 atom stereocenters. The molecule has 0 unspecified atom stereocenters. The standard InChI is InChI=1S/C15H22N2O2S/c1-2-3-7-17(11-15(16)19)10-14-9-13(12-20-14)6-4-5-8-18/h9,12,18H,2-3,5,7-8,10-11H2,1H3,(H2,16,19). The number of rotatable bonds is 8. The van der Waals surface area contributed by atoms with Crippen LogP contribution in [0, 0.1) is 11.8 Å². The molecule has 0 aromatic carbocycles. The van der Waals surface area contributed by atoms with E-state index < -0.39 is 0 Å². The van der Waals surface area contributed by atoms with Gasteiger partial charge < -0.3 is 10.8 Å². The van der Waals surface area contributed by atoms with Gasteiger partial charge in [-0.15, -0.1) is 11.3 Å². The number of primary amides is 1. The fraction of sp³-hybridized carbons (Fsp3) is 0.533. The predicted molar refractivity (Wildman–Crippen MR) is 82.3 cm³/mol. The molecule has 0 aliphatic carbocycles. The minimum Gasteiger partial charge on any atom is -0.395 e. The molecule has 0 saturated heterocycles. The maximum absolute atomic E-state index is 11.1. The molecule has 0 bridgehead atoms. The van der Waals surface area contributed by atoms with Crippen LogP contribution in [0.5, 0.6) is 0 Å². The maximum Gasteiger partial charge on any atom is 0.231 e. The summed E-state index contributed by atoms with van der Waals surface area (Å²) in [5.74, 6) is 5.63. The van der Waals surface area contributed by atoms with E-state index in [4.69, 9.17) is 10.8 Å².